The zero-order valence-electron chi connectivity index (χ0n) is 10.7. The Morgan fingerprint density at radius 1 is 1.45 bits per heavy atom. The quantitative estimate of drug-likeness (QED) is 0.726. The van der Waals surface area contributed by atoms with Crippen molar-refractivity contribution >= 4 is 28.4 Å². The van der Waals surface area contributed by atoms with Crippen LogP contribution in [0.2, 0.25) is 0 Å². The molecule has 1 aromatic carbocycles. The largest absolute Gasteiger partial charge is 0.379 e. The molecule has 3 aromatic rings. The van der Waals surface area contributed by atoms with Gasteiger partial charge in [-0.3, -0.25) is 4.79 Å². The van der Waals surface area contributed by atoms with Gasteiger partial charge in [-0.2, -0.15) is 0 Å². The van der Waals surface area contributed by atoms with E-state index in [1.807, 2.05) is 23.7 Å². The van der Waals surface area contributed by atoms with Crippen LogP contribution in [0.5, 0.6) is 0 Å². The first-order valence-electron chi connectivity index (χ1n) is 5.91. The summed E-state index contributed by atoms with van der Waals surface area (Å²) >= 11 is 0. The van der Waals surface area contributed by atoms with E-state index in [0.29, 0.717) is 11.4 Å². The topological polar surface area (TPSA) is 112 Å². The number of nitrogens with zero attached hydrogens (tertiary/aromatic N) is 4. The minimum Gasteiger partial charge on any atom is -0.379 e. The van der Waals surface area contributed by atoms with Gasteiger partial charge in [0.2, 0.25) is 5.91 Å². The van der Waals surface area contributed by atoms with Crippen LogP contribution in [0, 0.1) is 0 Å². The van der Waals surface area contributed by atoms with Gasteiger partial charge in [-0.1, -0.05) is 5.16 Å². The predicted octanol–water partition coefficient (Wildman–Crippen LogP) is 0.720. The summed E-state index contributed by atoms with van der Waals surface area (Å²) in [6, 6.07) is 5.49. The van der Waals surface area contributed by atoms with Gasteiger partial charge < -0.3 is 15.6 Å². The number of nitrogens with two attached hydrogens (primary N) is 1. The summed E-state index contributed by atoms with van der Waals surface area (Å²) in [6.07, 6.45) is 1.73. The SMILES string of the molecule is Cn1cnc2ccc(NC(=O)Cc3nonc3N)cc21. The summed E-state index contributed by atoms with van der Waals surface area (Å²) in [7, 11) is 1.89. The number of imidazole rings is 1. The van der Waals surface area contributed by atoms with Crippen molar-refractivity contribution in [2.24, 2.45) is 7.05 Å². The number of aromatic nitrogens is 4. The second-order valence-corrected chi connectivity index (χ2v) is 4.38. The van der Waals surface area contributed by atoms with Crippen molar-refractivity contribution in [2.75, 3.05) is 11.1 Å². The fourth-order valence-electron chi connectivity index (χ4n) is 1.90. The van der Waals surface area contributed by atoms with Gasteiger partial charge in [0.1, 0.15) is 5.69 Å². The lowest BCUT2D eigenvalue weighted by Crippen LogP contribution is -2.15. The second kappa shape index (κ2) is 4.65. The van der Waals surface area contributed by atoms with Gasteiger partial charge in [-0.25, -0.2) is 9.61 Å². The van der Waals surface area contributed by atoms with Gasteiger partial charge in [0.25, 0.3) is 0 Å². The number of carbonyl (C=O) groups is 1. The summed E-state index contributed by atoms with van der Waals surface area (Å²) in [5.41, 5.74) is 8.31. The Kier molecular flexibility index (Phi) is 2.82. The van der Waals surface area contributed by atoms with Gasteiger partial charge in [0.15, 0.2) is 5.82 Å². The van der Waals surface area contributed by atoms with Crippen molar-refractivity contribution < 1.29 is 9.42 Å². The summed E-state index contributed by atoms with van der Waals surface area (Å²) in [4.78, 5) is 16.1. The van der Waals surface area contributed by atoms with Crippen LogP contribution in [0.4, 0.5) is 11.5 Å². The molecule has 0 aliphatic carbocycles. The van der Waals surface area contributed by atoms with Crippen LogP contribution in [0.1, 0.15) is 5.69 Å². The number of nitrogen functional groups attached to an aromatic ring is 1. The lowest BCUT2D eigenvalue weighted by Gasteiger charge is -2.04. The molecule has 8 nitrogen and oxygen atoms in total. The molecule has 8 heteroatoms. The minimum absolute atomic E-state index is 0.0127. The van der Waals surface area contributed by atoms with Gasteiger partial charge in [-0.15, -0.1) is 0 Å². The van der Waals surface area contributed by atoms with Crippen LogP contribution in [-0.2, 0) is 18.3 Å². The molecule has 3 rings (SSSR count). The number of anilines is 2. The van der Waals surface area contributed by atoms with Crippen molar-refractivity contribution in [3.63, 3.8) is 0 Å². The minimum atomic E-state index is -0.242. The van der Waals surface area contributed by atoms with E-state index in [4.69, 9.17) is 5.73 Å². The van der Waals surface area contributed by atoms with Crippen molar-refractivity contribution in [3.05, 3.63) is 30.2 Å². The van der Waals surface area contributed by atoms with Crippen LogP contribution >= 0.6 is 0 Å². The van der Waals surface area contributed by atoms with E-state index >= 15 is 0 Å². The molecule has 0 bridgehead atoms. The number of hydrogen-bond donors (Lipinski definition) is 2. The molecule has 1 amide bonds. The fraction of sp³-hybridized carbons (Fsp3) is 0.167. The van der Waals surface area contributed by atoms with Crippen molar-refractivity contribution in [1.82, 2.24) is 19.9 Å². The normalized spacial score (nSPS) is 10.8. The van der Waals surface area contributed by atoms with Crippen LogP contribution in [-0.4, -0.2) is 25.8 Å². The van der Waals surface area contributed by atoms with E-state index in [2.05, 4.69) is 25.2 Å². The average molecular weight is 272 g/mol. The fourth-order valence-corrected chi connectivity index (χ4v) is 1.90. The molecule has 2 heterocycles. The van der Waals surface area contributed by atoms with Gasteiger partial charge in [0.05, 0.1) is 23.8 Å². The third kappa shape index (κ3) is 2.18. The number of nitrogens with one attached hydrogen (secondary N) is 1. The summed E-state index contributed by atoms with van der Waals surface area (Å²) in [6.45, 7) is 0. The summed E-state index contributed by atoms with van der Waals surface area (Å²) in [5.74, 6) is -0.115. The third-order valence-electron chi connectivity index (χ3n) is 2.92. The number of aryl methyl sites for hydroxylation is 1. The smallest absolute Gasteiger partial charge is 0.230 e. The third-order valence-corrected chi connectivity index (χ3v) is 2.92. The highest BCUT2D eigenvalue weighted by molar-refractivity contribution is 5.94. The van der Waals surface area contributed by atoms with E-state index < -0.39 is 0 Å². The van der Waals surface area contributed by atoms with Gasteiger partial charge in [0, 0.05) is 12.7 Å². The number of rotatable bonds is 3. The van der Waals surface area contributed by atoms with E-state index in [1.54, 1.807) is 12.4 Å². The molecule has 3 N–H and O–H groups in total. The van der Waals surface area contributed by atoms with E-state index in [9.17, 15) is 4.79 Å². The molecule has 0 spiro atoms. The number of amides is 1. The lowest BCUT2D eigenvalue weighted by atomic mass is 10.2. The molecule has 20 heavy (non-hydrogen) atoms. The number of hydrogen-bond acceptors (Lipinski definition) is 6. The molecule has 0 atom stereocenters. The number of fused-ring (bicyclic) bond motifs is 1. The number of carbonyl (C=O) groups excluding carboxylic acids is 1. The lowest BCUT2D eigenvalue weighted by molar-refractivity contribution is -0.115. The molecule has 0 unspecified atom stereocenters. The van der Waals surface area contributed by atoms with Crippen molar-refractivity contribution in [3.8, 4) is 0 Å². The van der Waals surface area contributed by atoms with Crippen LogP contribution in [0.3, 0.4) is 0 Å². The molecule has 0 aliphatic heterocycles. The maximum absolute atomic E-state index is 11.9. The highest BCUT2D eigenvalue weighted by Crippen LogP contribution is 2.18. The molecular formula is C12H12N6O2. The molecule has 2 aromatic heterocycles. The molecule has 0 aliphatic rings. The first kappa shape index (κ1) is 12.2. The standard InChI is InChI=1S/C12H12N6O2/c1-18-6-14-8-3-2-7(4-10(8)18)15-11(19)5-9-12(13)17-20-16-9/h2-4,6H,5H2,1H3,(H2,13,17)(H,15,19). The Labute approximate surface area is 113 Å². The summed E-state index contributed by atoms with van der Waals surface area (Å²) in [5, 5.41) is 9.76. The molecular weight excluding hydrogens is 260 g/mol. The Morgan fingerprint density at radius 2 is 2.30 bits per heavy atom. The Bertz CT molecular complexity index is 775. The maximum atomic E-state index is 11.9. The van der Waals surface area contributed by atoms with Crippen molar-refractivity contribution in [2.45, 2.75) is 6.42 Å². The maximum Gasteiger partial charge on any atom is 0.230 e. The van der Waals surface area contributed by atoms with Gasteiger partial charge >= 0.3 is 0 Å². The van der Waals surface area contributed by atoms with Crippen LogP contribution in [0.15, 0.2) is 29.2 Å². The van der Waals surface area contributed by atoms with Crippen molar-refractivity contribution in [1.29, 1.82) is 0 Å². The summed E-state index contributed by atoms with van der Waals surface area (Å²) < 4.78 is 6.32. The Balaban J connectivity index is 1.77. The molecule has 0 fully saturated rings. The first-order chi connectivity index (χ1) is 9.63. The second-order valence-electron chi connectivity index (χ2n) is 4.38. The number of benzene rings is 1. The van der Waals surface area contributed by atoms with E-state index in [0.717, 1.165) is 11.0 Å². The highest BCUT2D eigenvalue weighted by atomic mass is 16.6. The Morgan fingerprint density at radius 3 is 3.05 bits per heavy atom. The molecule has 0 radical (unpaired) electrons. The van der Waals surface area contributed by atoms with Gasteiger partial charge in [-0.05, 0) is 23.4 Å². The van der Waals surface area contributed by atoms with E-state index in [-0.39, 0.29) is 18.1 Å². The highest BCUT2D eigenvalue weighted by Gasteiger charge is 2.12. The Hall–Kier alpha value is -2.90. The monoisotopic (exact) mass is 272 g/mol. The molecule has 0 saturated carbocycles. The van der Waals surface area contributed by atoms with Crippen LogP contribution in [0.25, 0.3) is 11.0 Å². The predicted molar refractivity (Wildman–Crippen MR) is 71.8 cm³/mol. The van der Waals surface area contributed by atoms with E-state index in [1.165, 1.54) is 0 Å². The average Bonchev–Trinajstić information content (AvgIpc) is 2.98. The molecule has 0 saturated heterocycles. The zero-order chi connectivity index (χ0) is 14.1. The first-order valence-corrected chi connectivity index (χ1v) is 5.91. The zero-order valence-corrected chi connectivity index (χ0v) is 10.7. The molecule has 102 valence electrons. The van der Waals surface area contributed by atoms with Crippen LogP contribution < -0.4 is 11.1 Å².